The molecule has 4 aromatic rings. The van der Waals surface area contributed by atoms with Crippen LogP contribution in [-0.4, -0.2) is 20.6 Å². The van der Waals surface area contributed by atoms with Crippen molar-refractivity contribution in [3.05, 3.63) is 101 Å². The predicted molar refractivity (Wildman–Crippen MR) is 135 cm³/mol. The smallest absolute Gasteiger partial charge is 0.292 e. The number of ether oxygens (including phenoxy) is 1. The molecule has 0 bridgehead atoms. The molecule has 0 aliphatic heterocycles. The van der Waals surface area contributed by atoms with Gasteiger partial charge in [-0.2, -0.15) is 5.10 Å². The Bertz CT molecular complexity index is 1420. The Balaban J connectivity index is 1.39. The molecular weight excluding hydrogens is 587 g/mol. The normalized spacial score (nSPS) is 10.9. The maximum atomic E-state index is 12.6. The number of rotatable bonds is 8. The number of carbonyl (C=O) groups is 1. The van der Waals surface area contributed by atoms with Crippen LogP contribution in [0, 0.1) is 10.1 Å². The van der Waals surface area contributed by atoms with Crippen LogP contribution in [0.25, 0.3) is 0 Å². The number of non-ortho nitro benzene ring substituents is 1. The van der Waals surface area contributed by atoms with Crippen molar-refractivity contribution in [2.45, 2.75) is 13.2 Å². The molecule has 9 nitrogen and oxygen atoms in total. The van der Waals surface area contributed by atoms with Crippen molar-refractivity contribution < 1.29 is 18.9 Å². The summed E-state index contributed by atoms with van der Waals surface area (Å²) in [6.45, 7) is 0.279. The number of benzene rings is 2. The number of nitrogens with one attached hydrogen (secondary N) is 1. The number of halogens is 4. The Labute approximate surface area is 221 Å². The summed E-state index contributed by atoms with van der Waals surface area (Å²) in [4.78, 5) is 23.0. The maximum Gasteiger partial charge on any atom is 0.292 e. The second kappa shape index (κ2) is 10.7. The molecule has 0 spiro atoms. The van der Waals surface area contributed by atoms with Crippen LogP contribution >= 0.6 is 50.7 Å². The fraction of sp³-hybridized carbons (Fsp3) is 0.0909. The molecule has 1 amide bonds. The maximum absolute atomic E-state index is 12.6. The van der Waals surface area contributed by atoms with Crippen LogP contribution in [-0.2, 0) is 13.2 Å². The van der Waals surface area contributed by atoms with Crippen LogP contribution in [0.2, 0.25) is 15.1 Å². The van der Waals surface area contributed by atoms with Gasteiger partial charge in [-0.3, -0.25) is 19.6 Å². The highest BCUT2D eigenvalue weighted by Gasteiger charge is 2.17. The molecule has 0 atom stereocenters. The quantitative estimate of drug-likeness (QED) is 0.172. The van der Waals surface area contributed by atoms with Gasteiger partial charge in [0.2, 0.25) is 0 Å². The third-order valence-corrected chi connectivity index (χ3v) is 6.16. The lowest BCUT2D eigenvalue weighted by Gasteiger charge is -2.06. The molecule has 2 aromatic heterocycles. The number of carbonyl (C=O) groups excluding carboxylic acids is 1. The Morgan fingerprint density at radius 3 is 2.69 bits per heavy atom. The van der Waals surface area contributed by atoms with Crippen molar-refractivity contribution in [3.63, 3.8) is 0 Å². The van der Waals surface area contributed by atoms with E-state index in [1.165, 1.54) is 24.3 Å². The zero-order chi connectivity index (χ0) is 25.1. The lowest BCUT2D eigenvalue weighted by atomic mass is 10.2. The Morgan fingerprint density at radius 2 is 1.94 bits per heavy atom. The number of amides is 1. The number of nitro groups is 1. The van der Waals surface area contributed by atoms with Gasteiger partial charge in [-0.25, -0.2) is 0 Å². The number of furan rings is 1. The van der Waals surface area contributed by atoms with E-state index in [-0.39, 0.29) is 34.6 Å². The number of nitrogens with zero attached hydrogens (tertiary/aromatic N) is 3. The second-order valence-corrected chi connectivity index (χ2v) is 9.24. The first kappa shape index (κ1) is 25.1. The van der Waals surface area contributed by atoms with Gasteiger partial charge < -0.3 is 14.5 Å². The van der Waals surface area contributed by atoms with Crippen molar-refractivity contribution in [1.82, 2.24) is 9.78 Å². The first-order valence-corrected chi connectivity index (χ1v) is 11.8. The van der Waals surface area contributed by atoms with Gasteiger partial charge in [-0.05, 0) is 51.8 Å². The minimum atomic E-state index is -0.554. The summed E-state index contributed by atoms with van der Waals surface area (Å²) in [6.07, 6.45) is 1.70. The topological polar surface area (TPSA) is 112 Å². The lowest BCUT2D eigenvalue weighted by Crippen LogP contribution is -2.12. The van der Waals surface area contributed by atoms with Crippen molar-refractivity contribution in [1.29, 1.82) is 0 Å². The van der Waals surface area contributed by atoms with E-state index in [0.717, 1.165) is 5.56 Å². The SMILES string of the molecule is O=C(Nc1nn(Cc2ccc(Cl)cc2Cl)cc1Br)c1ccc(COc2cc([N+](=O)[O-])ccc2Cl)o1. The standard InChI is InChI=1S/C22H14BrCl3N4O5/c23-16-10-29(9-12-1-2-13(24)7-18(12)26)28-21(16)27-22(31)19-6-4-15(35-19)11-34-20-8-14(30(32)33)3-5-17(20)25/h1-8,10H,9,11H2,(H,27,28,31). The summed E-state index contributed by atoms with van der Waals surface area (Å²) in [5, 5.41) is 19.2. The zero-order valence-corrected chi connectivity index (χ0v) is 21.4. The Morgan fingerprint density at radius 1 is 1.14 bits per heavy atom. The summed E-state index contributed by atoms with van der Waals surface area (Å²) in [5.74, 6) is 0.229. The van der Waals surface area contributed by atoms with Crippen LogP contribution in [0.4, 0.5) is 11.5 Å². The minimum Gasteiger partial charge on any atom is -0.484 e. The summed E-state index contributed by atoms with van der Waals surface area (Å²) < 4.78 is 13.2. The van der Waals surface area contributed by atoms with Gasteiger partial charge >= 0.3 is 0 Å². The van der Waals surface area contributed by atoms with Crippen LogP contribution < -0.4 is 10.1 Å². The fourth-order valence-electron chi connectivity index (χ4n) is 3.00. The number of hydrogen-bond donors (Lipinski definition) is 1. The van der Waals surface area contributed by atoms with Crippen LogP contribution in [0.15, 0.2) is 63.6 Å². The van der Waals surface area contributed by atoms with E-state index in [0.29, 0.717) is 26.8 Å². The predicted octanol–water partition coefficient (Wildman–Crippen LogP) is 6.99. The molecule has 0 unspecified atom stereocenters. The van der Waals surface area contributed by atoms with E-state index in [9.17, 15) is 14.9 Å². The van der Waals surface area contributed by atoms with E-state index in [2.05, 4.69) is 26.3 Å². The molecular formula is C22H14BrCl3N4O5. The molecule has 2 aromatic carbocycles. The summed E-state index contributed by atoms with van der Waals surface area (Å²) in [6, 6.07) is 12.1. The fourth-order valence-corrected chi connectivity index (χ4v) is 4.05. The number of aromatic nitrogens is 2. The van der Waals surface area contributed by atoms with Gasteiger partial charge in [0.15, 0.2) is 11.6 Å². The van der Waals surface area contributed by atoms with E-state index >= 15 is 0 Å². The average molecular weight is 601 g/mol. The highest BCUT2D eigenvalue weighted by atomic mass is 79.9. The second-order valence-electron chi connectivity index (χ2n) is 7.14. The van der Waals surface area contributed by atoms with Gasteiger partial charge in [0.05, 0.1) is 27.0 Å². The molecule has 0 radical (unpaired) electrons. The molecule has 180 valence electrons. The van der Waals surface area contributed by atoms with Gasteiger partial charge in [-0.1, -0.05) is 40.9 Å². The van der Waals surface area contributed by atoms with Crippen molar-refractivity contribution >= 4 is 68.1 Å². The number of nitro benzene ring substituents is 1. The third-order valence-electron chi connectivity index (χ3n) is 4.68. The van der Waals surface area contributed by atoms with E-state index in [1.54, 1.807) is 35.1 Å². The van der Waals surface area contributed by atoms with Crippen LogP contribution in [0.1, 0.15) is 21.9 Å². The lowest BCUT2D eigenvalue weighted by molar-refractivity contribution is -0.384. The first-order valence-electron chi connectivity index (χ1n) is 9.83. The van der Waals surface area contributed by atoms with Gasteiger partial charge in [0.1, 0.15) is 18.1 Å². The Kier molecular flexibility index (Phi) is 7.66. The first-order chi connectivity index (χ1) is 16.7. The molecule has 1 N–H and O–H groups in total. The van der Waals surface area contributed by atoms with E-state index < -0.39 is 10.8 Å². The molecule has 0 fully saturated rings. The molecule has 0 aliphatic rings. The van der Waals surface area contributed by atoms with Crippen LogP contribution in [0.3, 0.4) is 0 Å². The molecule has 4 rings (SSSR count). The summed E-state index contributed by atoms with van der Waals surface area (Å²) in [5.41, 5.74) is 0.649. The molecule has 35 heavy (non-hydrogen) atoms. The number of anilines is 1. The van der Waals surface area contributed by atoms with Gasteiger partial charge in [0, 0.05) is 22.3 Å². The monoisotopic (exact) mass is 598 g/mol. The van der Waals surface area contributed by atoms with Crippen LogP contribution in [0.5, 0.6) is 5.75 Å². The van der Waals surface area contributed by atoms with Gasteiger partial charge in [0.25, 0.3) is 11.6 Å². The van der Waals surface area contributed by atoms with Crippen molar-refractivity contribution in [2.75, 3.05) is 5.32 Å². The van der Waals surface area contributed by atoms with E-state index in [1.807, 2.05) is 0 Å². The highest BCUT2D eigenvalue weighted by molar-refractivity contribution is 9.10. The van der Waals surface area contributed by atoms with Gasteiger partial charge in [-0.15, -0.1) is 0 Å². The zero-order valence-electron chi connectivity index (χ0n) is 17.5. The Hall–Kier alpha value is -3.05. The third kappa shape index (κ3) is 6.15. The molecule has 13 heteroatoms. The largest absolute Gasteiger partial charge is 0.484 e. The molecule has 0 saturated heterocycles. The van der Waals surface area contributed by atoms with Crippen molar-refractivity contribution in [3.8, 4) is 5.75 Å². The van der Waals surface area contributed by atoms with Crippen molar-refractivity contribution in [2.24, 2.45) is 0 Å². The molecule has 0 saturated carbocycles. The van der Waals surface area contributed by atoms with E-state index in [4.69, 9.17) is 44.0 Å². The molecule has 0 aliphatic carbocycles. The minimum absolute atomic E-state index is 0.0240. The molecule has 2 heterocycles. The summed E-state index contributed by atoms with van der Waals surface area (Å²) >= 11 is 21.6. The highest BCUT2D eigenvalue weighted by Crippen LogP contribution is 2.30. The summed E-state index contributed by atoms with van der Waals surface area (Å²) in [7, 11) is 0. The number of hydrogen-bond acceptors (Lipinski definition) is 6. The average Bonchev–Trinajstić information content (AvgIpc) is 3.41.